The maximum Gasteiger partial charge on any atom is 0.343 e. The van der Waals surface area contributed by atoms with Gasteiger partial charge in [0.05, 0.1) is 74.2 Å². The molecule has 0 saturated heterocycles. The van der Waals surface area contributed by atoms with Crippen molar-refractivity contribution in [2.75, 3.05) is 40.6 Å². The number of hydrogen-bond acceptors (Lipinski definition) is 16. The van der Waals surface area contributed by atoms with Gasteiger partial charge in [-0.3, -0.25) is 18.7 Å². The number of pyridine rings is 2. The lowest BCUT2D eigenvalue weighted by Crippen LogP contribution is -2.26. The van der Waals surface area contributed by atoms with Crippen LogP contribution in [0.4, 0.5) is 0 Å². The average molecular weight is 1090 g/mol. The molecule has 8 aromatic rings. The standard InChI is InChI=1S/C25H26N2O5S2.C18H19BrN2O4S2.C8H10O/c1-4-6-12-32-21-20(25(29)31-5-2)22-19(11-13-33-22)27(24(21)28)15-18-14-26-23(34-18)16-7-9-17(30-3)10-8-16;1-3-5-7-25-14-13(17(23)24-4-2)15-12(6-8-26-15)21(16(14)22)10-11-9-20-18(19)27-11;1-7-3-5-8(9-2)6-4-7/h7-11,13-14H,4-6,12,15H2,1-3H3;6,8-9H,3-5,7,10H2,1-2H3;3-6H,1-2H3. The molecule has 0 atom stereocenters. The van der Waals surface area contributed by atoms with Crippen molar-refractivity contribution in [2.24, 2.45) is 0 Å². The van der Waals surface area contributed by atoms with Crippen LogP contribution in [-0.4, -0.2) is 71.7 Å². The molecular weight excluding hydrogens is 1040 g/mol. The lowest BCUT2D eigenvalue weighted by Gasteiger charge is -2.15. The van der Waals surface area contributed by atoms with Crippen molar-refractivity contribution >= 4 is 93.6 Å². The SMILES string of the molecule is CCCCOc1c(C(=O)OCC)c2sccc2n(Cc2cnc(-c3ccc(OC)cc3)s2)c1=O.CCCCOc1c(C(=O)OCC)c2sccc2n(Cc2cnc(Br)s2)c1=O.COc1ccc(C)cc1. The third-order valence-electron chi connectivity index (χ3n) is 10.4. The largest absolute Gasteiger partial charge is 0.497 e. The molecule has 0 aliphatic carbocycles. The molecular formula is C51H55BrN4O10S4. The van der Waals surface area contributed by atoms with Gasteiger partial charge in [-0.15, -0.1) is 45.3 Å². The molecule has 0 fully saturated rings. The molecule has 0 radical (unpaired) electrons. The van der Waals surface area contributed by atoms with Crippen LogP contribution in [-0.2, 0) is 22.6 Å². The Hall–Kier alpha value is -5.86. The summed E-state index contributed by atoms with van der Waals surface area (Å²) in [4.78, 5) is 62.7. The Morgan fingerprint density at radius 3 is 1.51 bits per heavy atom. The van der Waals surface area contributed by atoms with Crippen LogP contribution in [0.25, 0.3) is 31.0 Å². The molecule has 2 aromatic carbocycles. The van der Waals surface area contributed by atoms with Crippen LogP contribution in [0.15, 0.2) is 97.3 Å². The van der Waals surface area contributed by atoms with Gasteiger partial charge < -0.3 is 28.4 Å². The maximum absolute atomic E-state index is 13.6. The Morgan fingerprint density at radius 2 is 1.09 bits per heavy atom. The Labute approximate surface area is 430 Å². The van der Waals surface area contributed by atoms with E-state index in [0.29, 0.717) is 46.7 Å². The summed E-state index contributed by atoms with van der Waals surface area (Å²) in [5.41, 5.74) is 3.38. The van der Waals surface area contributed by atoms with Crippen LogP contribution in [0.1, 0.15) is 89.4 Å². The van der Waals surface area contributed by atoms with E-state index in [1.165, 1.54) is 50.9 Å². The summed E-state index contributed by atoms with van der Waals surface area (Å²) in [6, 6.07) is 19.4. The van der Waals surface area contributed by atoms with Crippen molar-refractivity contribution in [1.29, 1.82) is 0 Å². The Kier molecular flexibility index (Phi) is 20.2. The van der Waals surface area contributed by atoms with Gasteiger partial charge in [0.15, 0.2) is 3.92 Å². The molecule has 0 amide bonds. The van der Waals surface area contributed by atoms with Gasteiger partial charge in [0.25, 0.3) is 11.1 Å². The van der Waals surface area contributed by atoms with Gasteiger partial charge in [0.1, 0.15) is 27.6 Å². The number of nitrogens with zero attached hydrogens (tertiary/aromatic N) is 4. The highest BCUT2D eigenvalue weighted by Gasteiger charge is 2.27. The zero-order valence-corrected chi connectivity index (χ0v) is 44.9. The number of unbranched alkanes of at least 4 members (excludes halogenated alkanes) is 2. The first-order valence-corrected chi connectivity index (χ1v) is 26.8. The average Bonchev–Trinajstić information content (AvgIpc) is 4.22. The summed E-state index contributed by atoms with van der Waals surface area (Å²) in [6.45, 7) is 11.5. The predicted octanol–water partition coefficient (Wildman–Crippen LogP) is 12.3. The van der Waals surface area contributed by atoms with Crippen LogP contribution in [0.2, 0.25) is 0 Å². The predicted molar refractivity (Wildman–Crippen MR) is 285 cm³/mol. The lowest BCUT2D eigenvalue weighted by atomic mass is 10.2. The van der Waals surface area contributed by atoms with Gasteiger partial charge in [-0.2, -0.15) is 0 Å². The minimum atomic E-state index is -0.537. The molecule has 6 aromatic heterocycles. The Morgan fingerprint density at radius 1 is 0.629 bits per heavy atom. The second kappa shape index (κ2) is 26.4. The van der Waals surface area contributed by atoms with Crippen LogP contribution in [0, 0.1) is 6.92 Å². The molecule has 8 rings (SSSR count). The first kappa shape index (κ1) is 53.5. The van der Waals surface area contributed by atoms with Gasteiger partial charge >= 0.3 is 11.9 Å². The number of ether oxygens (including phenoxy) is 6. The fourth-order valence-electron chi connectivity index (χ4n) is 6.87. The number of esters is 2. The third kappa shape index (κ3) is 13.3. The highest BCUT2D eigenvalue weighted by atomic mass is 79.9. The molecule has 0 spiro atoms. The molecule has 0 aliphatic heterocycles. The number of methoxy groups -OCH3 is 2. The minimum Gasteiger partial charge on any atom is -0.497 e. The summed E-state index contributed by atoms with van der Waals surface area (Å²) in [6.07, 6.45) is 6.94. The number of aryl methyl sites for hydroxylation is 1. The number of thiophene rings is 2. The number of benzene rings is 2. The fraction of sp³-hybridized carbons (Fsp3) is 0.333. The topological polar surface area (TPSA) is 159 Å². The first-order chi connectivity index (χ1) is 34.0. The zero-order valence-electron chi connectivity index (χ0n) is 40.0. The van der Waals surface area contributed by atoms with E-state index < -0.39 is 11.9 Å². The molecule has 0 N–H and O–H groups in total. The van der Waals surface area contributed by atoms with Crippen LogP contribution in [0.5, 0.6) is 23.0 Å². The van der Waals surface area contributed by atoms with Crippen molar-refractivity contribution in [3.8, 4) is 33.6 Å². The van der Waals surface area contributed by atoms with E-state index in [-0.39, 0.29) is 47.0 Å². The summed E-state index contributed by atoms with van der Waals surface area (Å²) in [5, 5.41) is 4.59. The van der Waals surface area contributed by atoms with E-state index in [9.17, 15) is 19.2 Å². The monoisotopic (exact) mass is 1090 g/mol. The van der Waals surface area contributed by atoms with Gasteiger partial charge in [0.2, 0.25) is 11.5 Å². The van der Waals surface area contributed by atoms with E-state index in [1.807, 2.05) is 85.3 Å². The number of hydrogen-bond donors (Lipinski definition) is 0. The molecule has 19 heteroatoms. The summed E-state index contributed by atoms with van der Waals surface area (Å²) >= 11 is 9.13. The second-order valence-electron chi connectivity index (χ2n) is 15.3. The van der Waals surface area contributed by atoms with Crippen molar-refractivity contribution in [3.05, 3.63) is 135 Å². The van der Waals surface area contributed by atoms with E-state index in [0.717, 1.165) is 61.4 Å². The van der Waals surface area contributed by atoms with Crippen LogP contribution < -0.4 is 30.1 Å². The number of halogens is 1. The highest BCUT2D eigenvalue weighted by molar-refractivity contribution is 9.11. The number of carbonyl (C=O) groups excluding carboxylic acids is 2. The third-order valence-corrected chi connectivity index (χ3v) is 14.7. The number of fused-ring (bicyclic) bond motifs is 2. The Balaban J connectivity index is 0.000000198. The smallest absolute Gasteiger partial charge is 0.343 e. The van der Waals surface area contributed by atoms with Gasteiger partial charge in [-0.1, -0.05) is 44.4 Å². The molecule has 70 heavy (non-hydrogen) atoms. The van der Waals surface area contributed by atoms with E-state index >= 15 is 0 Å². The summed E-state index contributed by atoms with van der Waals surface area (Å²) in [7, 11) is 3.30. The van der Waals surface area contributed by atoms with E-state index in [4.69, 9.17) is 28.4 Å². The number of carbonyl (C=O) groups is 2. The molecule has 370 valence electrons. The first-order valence-electron chi connectivity index (χ1n) is 22.6. The maximum atomic E-state index is 13.6. The van der Waals surface area contributed by atoms with Gasteiger partial charge in [-0.05, 0) is 109 Å². The van der Waals surface area contributed by atoms with Crippen molar-refractivity contribution < 1.29 is 38.0 Å². The van der Waals surface area contributed by atoms with Gasteiger partial charge in [0, 0.05) is 27.7 Å². The summed E-state index contributed by atoms with van der Waals surface area (Å²) in [5.74, 6) is 0.763. The Bertz CT molecular complexity index is 3100. The lowest BCUT2D eigenvalue weighted by molar-refractivity contribution is 0.0513. The van der Waals surface area contributed by atoms with Crippen molar-refractivity contribution in [1.82, 2.24) is 19.1 Å². The minimum absolute atomic E-state index is 0.0572. The molecule has 0 aliphatic rings. The van der Waals surface area contributed by atoms with Crippen molar-refractivity contribution in [3.63, 3.8) is 0 Å². The number of aromatic nitrogens is 4. The van der Waals surface area contributed by atoms with Crippen molar-refractivity contribution in [2.45, 2.75) is 73.4 Å². The normalized spacial score (nSPS) is 10.8. The van der Waals surface area contributed by atoms with Gasteiger partial charge in [-0.25, -0.2) is 19.6 Å². The van der Waals surface area contributed by atoms with E-state index in [2.05, 4.69) is 32.8 Å². The van der Waals surface area contributed by atoms with E-state index in [1.54, 1.807) is 49.6 Å². The quantitative estimate of drug-likeness (QED) is 0.0558. The molecule has 0 bridgehead atoms. The molecule has 6 heterocycles. The highest BCUT2D eigenvalue weighted by Crippen LogP contribution is 2.34. The van der Waals surface area contributed by atoms with Crippen LogP contribution in [0.3, 0.4) is 0 Å². The number of rotatable bonds is 19. The second-order valence-corrected chi connectivity index (χ2v) is 20.6. The van der Waals surface area contributed by atoms with Crippen LogP contribution >= 0.6 is 61.3 Å². The zero-order chi connectivity index (χ0) is 50.2. The molecule has 0 saturated carbocycles. The molecule has 14 nitrogen and oxygen atoms in total. The number of thiazole rings is 2. The fourth-order valence-corrected chi connectivity index (χ4v) is 11.0. The molecule has 0 unspecified atom stereocenters. The summed E-state index contributed by atoms with van der Waals surface area (Å²) < 4.78 is 37.7.